The minimum absolute atomic E-state index is 0.187. The molecule has 1 fully saturated rings. The lowest BCUT2D eigenvalue weighted by Gasteiger charge is -2.06. The Bertz CT molecular complexity index is 494. The summed E-state index contributed by atoms with van der Waals surface area (Å²) < 4.78 is 27.7. The van der Waals surface area contributed by atoms with Crippen molar-refractivity contribution in [1.82, 2.24) is 19.8 Å². The zero-order chi connectivity index (χ0) is 13.7. The molecule has 6 nitrogen and oxygen atoms in total. The van der Waals surface area contributed by atoms with Gasteiger partial charge >= 0.3 is 0 Å². The van der Waals surface area contributed by atoms with Crippen molar-refractivity contribution in [2.75, 3.05) is 12.3 Å². The highest BCUT2D eigenvalue weighted by atomic mass is 32.2. The lowest BCUT2D eigenvalue weighted by Crippen LogP contribution is -2.27. The average Bonchev–Trinajstić information content (AvgIpc) is 3.08. The van der Waals surface area contributed by atoms with E-state index in [0.29, 0.717) is 12.5 Å². The SMILES string of the molecule is Cn1ccc(CNS(=O)(=O)CCCCNC2CC2)n1. The molecule has 0 saturated heterocycles. The Labute approximate surface area is 114 Å². The van der Waals surface area contributed by atoms with Crippen LogP contribution in [0.2, 0.25) is 0 Å². The standard InChI is InChI=1S/C12H22N4O2S/c1-16-8-6-12(15-16)10-14-19(17,18)9-3-2-7-13-11-4-5-11/h6,8,11,13-14H,2-5,7,9-10H2,1H3. The Kier molecular flexibility index (Phi) is 4.95. The van der Waals surface area contributed by atoms with Gasteiger partial charge in [-0.2, -0.15) is 5.10 Å². The fourth-order valence-electron chi connectivity index (χ4n) is 1.82. The van der Waals surface area contributed by atoms with E-state index in [4.69, 9.17) is 0 Å². The minimum atomic E-state index is -3.18. The van der Waals surface area contributed by atoms with Crippen molar-refractivity contribution in [3.05, 3.63) is 18.0 Å². The molecule has 0 aromatic carbocycles. The van der Waals surface area contributed by atoms with Gasteiger partial charge in [0, 0.05) is 19.3 Å². The predicted molar refractivity (Wildman–Crippen MR) is 74.1 cm³/mol. The second kappa shape index (κ2) is 6.49. The summed E-state index contributed by atoms with van der Waals surface area (Å²) in [7, 11) is -1.37. The van der Waals surface area contributed by atoms with Gasteiger partial charge in [-0.3, -0.25) is 4.68 Å². The highest BCUT2D eigenvalue weighted by Crippen LogP contribution is 2.18. The van der Waals surface area contributed by atoms with E-state index in [-0.39, 0.29) is 12.3 Å². The van der Waals surface area contributed by atoms with E-state index in [1.807, 2.05) is 13.1 Å². The predicted octanol–water partition coefficient (Wildman–Crippen LogP) is 0.372. The van der Waals surface area contributed by atoms with Crippen LogP contribution in [0, 0.1) is 0 Å². The lowest BCUT2D eigenvalue weighted by molar-refractivity contribution is 0.571. The third-order valence-electron chi connectivity index (χ3n) is 3.09. The molecule has 1 aliphatic carbocycles. The number of nitrogens with one attached hydrogen (secondary N) is 2. The summed E-state index contributed by atoms with van der Waals surface area (Å²) in [6.45, 7) is 1.18. The van der Waals surface area contributed by atoms with Crippen molar-refractivity contribution in [2.24, 2.45) is 7.05 Å². The van der Waals surface area contributed by atoms with Crippen LogP contribution in [0.4, 0.5) is 0 Å². The molecule has 0 unspecified atom stereocenters. The van der Waals surface area contributed by atoms with Gasteiger partial charge in [0.1, 0.15) is 0 Å². The van der Waals surface area contributed by atoms with Crippen molar-refractivity contribution in [3.8, 4) is 0 Å². The first-order valence-electron chi connectivity index (χ1n) is 6.74. The quantitative estimate of drug-likeness (QED) is 0.643. The summed E-state index contributed by atoms with van der Waals surface area (Å²) in [5.74, 6) is 0.187. The molecule has 0 bridgehead atoms. The smallest absolute Gasteiger partial charge is 0.211 e. The fraction of sp³-hybridized carbons (Fsp3) is 0.750. The summed E-state index contributed by atoms with van der Waals surface area (Å²) in [6.07, 6.45) is 5.93. The number of nitrogens with zero attached hydrogens (tertiary/aromatic N) is 2. The van der Waals surface area contributed by atoms with Crippen molar-refractivity contribution in [3.63, 3.8) is 0 Å². The van der Waals surface area contributed by atoms with Crippen LogP contribution in [0.5, 0.6) is 0 Å². The lowest BCUT2D eigenvalue weighted by atomic mass is 10.3. The highest BCUT2D eigenvalue weighted by molar-refractivity contribution is 7.89. The summed E-state index contributed by atoms with van der Waals surface area (Å²) in [4.78, 5) is 0. The van der Waals surface area contributed by atoms with Gasteiger partial charge in [0.25, 0.3) is 0 Å². The molecule has 0 radical (unpaired) electrons. The Hall–Kier alpha value is -0.920. The van der Waals surface area contributed by atoms with Crippen LogP contribution < -0.4 is 10.0 Å². The minimum Gasteiger partial charge on any atom is -0.314 e. The normalized spacial score (nSPS) is 15.8. The molecule has 0 amide bonds. The van der Waals surface area contributed by atoms with E-state index in [0.717, 1.165) is 18.7 Å². The summed E-state index contributed by atoms with van der Waals surface area (Å²) >= 11 is 0. The fourth-order valence-corrected chi connectivity index (χ4v) is 2.92. The van der Waals surface area contributed by atoms with Gasteiger partial charge < -0.3 is 5.32 Å². The largest absolute Gasteiger partial charge is 0.314 e. The van der Waals surface area contributed by atoms with Crippen molar-refractivity contribution >= 4 is 10.0 Å². The van der Waals surface area contributed by atoms with Crippen LogP contribution in [0.15, 0.2) is 12.3 Å². The van der Waals surface area contributed by atoms with Crippen LogP contribution in [-0.2, 0) is 23.6 Å². The van der Waals surface area contributed by atoms with Crippen LogP contribution in [0.3, 0.4) is 0 Å². The molecule has 1 aromatic heterocycles. The Morgan fingerprint density at radius 1 is 1.42 bits per heavy atom. The monoisotopic (exact) mass is 286 g/mol. The topological polar surface area (TPSA) is 76.0 Å². The van der Waals surface area contributed by atoms with Crippen molar-refractivity contribution < 1.29 is 8.42 Å². The highest BCUT2D eigenvalue weighted by Gasteiger charge is 2.19. The number of hydrogen-bond donors (Lipinski definition) is 2. The van der Waals surface area contributed by atoms with Gasteiger partial charge in [-0.15, -0.1) is 0 Å². The van der Waals surface area contributed by atoms with Crippen LogP contribution in [0.1, 0.15) is 31.4 Å². The van der Waals surface area contributed by atoms with Crippen molar-refractivity contribution in [2.45, 2.75) is 38.3 Å². The summed E-state index contributed by atoms with van der Waals surface area (Å²) in [5.41, 5.74) is 0.737. The molecule has 7 heteroatoms. The van der Waals surface area contributed by atoms with Crippen LogP contribution >= 0.6 is 0 Å². The van der Waals surface area contributed by atoms with Gasteiger partial charge in [0.15, 0.2) is 0 Å². The molecule has 2 N–H and O–H groups in total. The maximum absolute atomic E-state index is 11.8. The zero-order valence-corrected chi connectivity index (χ0v) is 12.1. The molecule has 0 aliphatic heterocycles. The number of aromatic nitrogens is 2. The number of aryl methyl sites for hydroxylation is 1. The number of unbranched alkanes of at least 4 members (excludes halogenated alkanes) is 1. The second-order valence-electron chi connectivity index (χ2n) is 5.06. The van der Waals surface area contributed by atoms with Crippen molar-refractivity contribution in [1.29, 1.82) is 0 Å². The van der Waals surface area contributed by atoms with E-state index in [9.17, 15) is 8.42 Å². The van der Waals surface area contributed by atoms with Crippen LogP contribution in [0.25, 0.3) is 0 Å². The van der Waals surface area contributed by atoms with E-state index in [2.05, 4.69) is 15.1 Å². The maximum Gasteiger partial charge on any atom is 0.211 e. The van der Waals surface area contributed by atoms with Gasteiger partial charge in [-0.05, 0) is 38.3 Å². The number of sulfonamides is 1. The van der Waals surface area contributed by atoms with Gasteiger partial charge in [0.05, 0.1) is 18.0 Å². The molecular weight excluding hydrogens is 264 g/mol. The molecule has 0 atom stereocenters. The Balaban J connectivity index is 1.60. The average molecular weight is 286 g/mol. The molecule has 1 saturated carbocycles. The Morgan fingerprint density at radius 3 is 2.84 bits per heavy atom. The molecule has 19 heavy (non-hydrogen) atoms. The van der Waals surface area contributed by atoms with Gasteiger partial charge in [0.2, 0.25) is 10.0 Å². The molecule has 1 heterocycles. The zero-order valence-electron chi connectivity index (χ0n) is 11.3. The molecule has 1 aliphatic rings. The first kappa shape index (κ1) is 14.5. The van der Waals surface area contributed by atoms with E-state index >= 15 is 0 Å². The third-order valence-corrected chi connectivity index (χ3v) is 4.50. The summed E-state index contributed by atoms with van der Waals surface area (Å²) in [6, 6.07) is 2.50. The van der Waals surface area contributed by atoms with E-state index in [1.54, 1.807) is 10.9 Å². The number of hydrogen-bond acceptors (Lipinski definition) is 4. The Morgan fingerprint density at radius 2 is 2.21 bits per heavy atom. The van der Waals surface area contributed by atoms with Gasteiger partial charge in [-0.25, -0.2) is 13.1 Å². The van der Waals surface area contributed by atoms with Crippen LogP contribution in [-0.4, -0.2) is 36.5 Å². The molecular formula is C12H22N4O2S. The second-order valence-corrected chi connectivity index (χ2v) is 6.98. The van der Waals surface area contributed by atoms with E-state index < -0.39 is 10.0 Å². The molecule has 1 aromatic rings. The van der Waals surface area contributed by atoms with Gasteiger partial charge in [-0.1, -0.05) is 0 Å². The molecule has 2 rings (SSSR count). The molecule has 0 spiro atoms. The maximum atomic E-state index is 11.8. The first-order chi connectivity index (χ1) is 9.05. The third kappa shape index (κ3) is 5.71. The molecule has 108 valence electrons. The number of rotatable bonds is 9. The summed E-state index contributed by atoms with van der Waals surface area (Å²) in [5, 5.41) is 7.50. The first-order valence-corrected chi connectivity index (χ1v) is 8.40. The van der Waals surface area contributed by atoms with E-state index in [1.165, 1.54) is 12.8 Å².